The number of nitrogens with one attached hydrogen (secondary N) is 2. The van der Waals surface area contributed by atoms with E-state index in [2.05, 4.69) is 10.6 Å². The minimum Gasteiger partial charge on any atom is -0.311 e. The molecule has 0 aliphatic rings. The van der Waals surface area contributed by atoms with Crippen LogP contribution >= 0.6 is 0 Å². The maximum atomic E-state index is 13.4. The van der Waals surface area contributed by atoms with Gasteiger partial charge in [-0.15, -0.1) is 0 Å². The van der Waals surface area contributed by atoms with Gasteiger partial charge >= 0.3 is 6.18 Å². The topological polar surface area (TPSA) is 24.1 Å². The first-order chi connectivity index (χ1) is 9.09. The largest absolute Gasteiger partial charge is 0.416 e. The molecule has 0 bridgehead atoms. The lowest BCUT2D eigenvalue weighted by Crippen LogP contribution is -2.40. The molecule has 0 spiro atoms. The molecule has 6 heteroatoms. The van der Waals surface area contributed by atoms with Gasteiger partial charge in [0.05, 0.1) is 5.56 Å². The van der Waals surface area contributed by atoms with Crippen molar-refractivity contribution < 1.29 is 17.6 Å². The summed E-state index contributed by atoms with van der Waals surface area (Å²) in [6, 6.07) is 2.45. The number of halogens is 4. The average molecular weight is 292 g/mol. The van der Waals surface area contributed by atoms with Crippen molar-refractivity contribution in [1.82, 2.24) is 10.6 Å². The van der Waals surface area contributed by atoms with Gasteiger partial charge in [-0.25, -0.2) is 4.39 Å². The second-order valence-electron chi connectivity index (χ2n) is 5.66. The highest BCUT2D eigenvalue weighted by Gasteiger charge is 2.30. The van der Waals surface area contributed by atoms with Gasteiger partial charge in [-0.05, 0) is 39.0 Å². The Bertz CT molecular complexity index is 436. The Morgan fingerprint density at radius 1 is 1.05 bits per heavy atom. The molecule has 0 heterocycles. The van der Waals surface area contributed by atoms with Crippen LogP contribution in [0.2, 0.25) is 0 Å². The van der Waals surface area contributed by atoms with Crippen molar-refractivity contribution in [2.24, 2.45) is 0 Å². The Hall–Kier alpha value is -1.14. The lowest BCUT2D eigenvalue weighted by Gasteiger charge is -2.20. The summed E-state index contributed by atoms with van der Waals surface area (Å²) < 4.78 is 51.0. The van der Waals surface area contributed by atoms with E-state index in [9.17, 15) is 17.6 Å². The molecule has 1 rings (SSSR count). The van der Waals surface area contributed by atoms with Crippen molar-refractivity contribution in [3.05, 3.63) is 35.1 Å². The highest BCUT2D eigenvalue weighted by molar-refractivity contribution is 5.27. The lowest BCUT2D eigenvalue weighted by atomic mass is 10.1. The third kappa shape index (κ3) is 5.88. The second kappa shape index (κ2) is 6.54. The zero-order chi connectivity index (χ0) is 15.4. The molecule has 1 aromatic carbocycles. The second-order valence-corrected chi connectivity index (χ2v) is 5.66. The maximum Gasteiger partial charge on any atom is 0.416 e. The molecule has 0 amide bonds. The summed E-state index contributed by atoms with van der Waals surface area (Å²) in [4.78, 5) is 0. The fourth-order valence-corrected chi connectivity index (χ4v) is 1.64. The Morgan fingerprint density at radius 2 is 1.70 bits per heavy atom. The summed E-state index contributed by atoms with van der Waals surface area (Å²) in [5.41, 5.74) is -0.831. The van der Waals surface area contributed by atoms with Gasteiger partial charge in [0, 0.05) is 30.7 Å². The predicted octanol–water partition coefficient (Wildman–Crippen LogP) is 3.32. The van der Waals surface area contributed by atoms with E-state index in [4.69, 9.17) is 0 Å². The molecule has 1 aromatic rings. The van der Waals surface area contributed by atoms with Gasteiger partial charge in [0.25, 0.3) is 0 Å². The highest BCUT2D eigenvalue weighted by atomic mass is 19.4. The van der Waals surface area contributed by atoms with Crippen LogP contribution in [0.1, 0.15) is 31.9 Å². The molecule has 0 unspecified atom stereocenters. The minimum absolute atomic E-state index is 0.0237. The molecule has 0 saturated heterocycles. The summed E-state index contributed by atoms with van der Waals surface area (Å²) in [5.74, 6) is -0.630. The number of rotatable bonds is 5. The van der Waals surface area contributed by atoms with Gasteiger partial charge in [0.15, 0.2) is 0 Å². The molecule has 0 radical (unpaired) electrons. The molecule has 2 nitrogen and oxygen atoms in total. The van der Waals surface area contributed by atoms with Crippen molar-refractivity contribution in [3.63, 3.8) is 0 Å². The van der Waals surface area contributed by atoms with Crippen molar-refractivity contribution in [2.75, 3.05) is 13.1 Å². The smallest absolute Gasteiger partial charge is 0.311 e. The third-order valence-corrected chi connectivity index (χ3v) is 2.65. The first kappa shape index (κ1) is 16.9. The number of alkyl halides is 3. The van der Waals surface area contributed by atoms with Crippen LogP contribution in [0.5, 0.6) is 0 Å². The Kier molecular flexibility index (Phi) is 5.53. The molecule has 0 aromatic heterocycles. The van der Waals surface area contributed by atoms with E-state index in [0.29, 0.717) is 13.1 Å². The van der Waals surface area contributed by atoms with Gasteiger partial charge in [0.2, 0.25) is 0 Å². The van der Waals surface area contributed by atoms with Crippen LogP contribution in [0.4, 0.5) is 17.6 Å². The van der Waals surface area contributed by atoms with E-state index in [1.807, 2.05) is 20.8 Å². The summed E-state index contributed by atoms with van der Waals surface area (Å²) in [7, 11) is 0. The number of hydrogen-bond donors (Lipinski definition) is 2. The minimum atomic E-state index is -4.45. The van der Waals surface area contributed by atoms with Crippen LogP contribution in [-0.4, -0.2) is 18.6 Å². The monoisotopic (exact) mass is 292 g/mol. The first-order valence-electron chi connectivity index (χ1n) is 6.41. The standard InChI is InChI=1S/C14H20F4N2/c1-13(2,3)20-7-6-19-9-10-8-11(14(16,17)18)4-5-12(10)15/h4-5,8,19-20H,6-7,9H2,1-3H3. The molecular formula is C14H20F4N2. The van der Waals surface area contributed by atoms with E-state index in [-0.39, 0.29) is 17.6 Å². The van der Waals surface area contributed by atoms with Crippen LogP contribution in [0.15, 0.2) is 18.2 Å². The molecule has 20 heavy (non-hydrogen) atoms. The van der Waals surface area contributed by atoms with E-state index in [1.165, 1.54) is 0 Å². The Balaban J connectivity index is 2.52. The Morgan fingerprint density at radius 3 is 2.25 bits per heavy atom. The quantitative estimate of drug-likeness (QED) is 0.642. The molecule has 114 valence electrons. The van der Waals surface area contributed by atoms with Crippen LogP contribution in [0.25, 0.3) is 0 Å². The molecule has 0 aliphatic heterocycles. The number of benzene rings is 1. The van der Waals surface area contributed by atoms with Crippen molar-refractivity contribution in [3.8, 4) is 0 Å². The maximum absolute atomic E-state index is 13.4. The van der Waals surface area contributed by atoms with E-state index in [1.54, 1.807) is 0 Å². The normalized spacial score (nSPS) is 12.8. The average Bonchev–Trinajstić information content (AvgIpc) is 2.28. The molecule has 2 N–H and O–H groups in total. The fourth-order valence-electron chi connectivity index (χ4n) is 1.64. The predicted molar refractivity (Wildman–Crippen MR) is 70.9 cm³/mol. The lowest BCUT2D eigenvalue weighted by molar-refractivity contribution is -0.137. The SMILES string of the molecule is CC(C)(C)NCCNCc1cc(C(F)(F)F)ccc1F. The van der Waals surface area contributed by atoms with Gasteiger partial charge in [-0.1, -0.05) is 0 Å². The molecule has 0 aliphatic carbocycles. The molecule has 0 saturated carbocycles. The number of hydrogen-bond acceptors (Lipinski definition) is 2. The van der Waals surface area contributed by atoms with Crippen molar-refractivity contribution in [1.29, 1.82) is 0 Å². The molecule has 0 fully saturated rings. The van der Waals surface area contributed by atoms with Gasteiger partial charge < -0.3 is 10.6 Å². The van der Waals surface area contributed by atoms with Gasteiger partial charge in [-0.3, -0.25) is 0 Å². The summed E-state index contributed by atoms with van der Waals surface area (Å²) >= 11 is 0. The van der Waals surface area contributed by atoms with Crippen molar-refractivity contribution >= 4 is 0 Å². The zero-order valence-electron chi connectivity index (χ0n) is 11.9. The van der Waals surface area contributed by atoms with Crippen LogP contribution < -0.4 is 10.6 Å². The van der Waals surface area contributed by atoms with E-state index < -0.39 is 17.6 Å². The van der Waals surface area contributed by atoms with Crippen LogP contribution in [-0.2, 0) is 12.7 Å². The summed E-state index contributed by atoms with van der Waals surface area (Å²) in [6.07, 6.45) is -4.45. The highest BCUT2D eigenvalue weighted by Crippen LogP contribution is 2.30. The summed E-state index contributed by atoms with van der Waals surface area (Å²) in [6.45, 7) is 7.32. The molecular weight excluding hydrogens is 272 g/mol. The van der Waals surface area contributed by atoms with Crippen LogP contribution in [0.3, 0.4) is 0 Å². The first-order valence-corrected chi connectivity index (χ1v) is 6.41. The van der Waals surface area contributed by atoms with Crippen molar-refractivity contribution in [2.45, 2.75) is 39.0 Å². The van der Waals surface area contributed by atoms with E-state index in [0.717, 1.165) is 18.2 Å². The Labute approximate surface area is 116 Å². The van der Waals surface area contributed by atoms with E-state index >= 15 is 0 Å². The molecule has 0 atom stereocenters. The van der Waals surface area contributed by atoms with Crippen LogP contribution in [0, 0.1) is 5.82 Å². The zero-order valence-corrected chi connectivity index (χ0v) is 11.9. The third-order valence-electron chi connectivity index (χ3n) is 2.65. The van der Waals surface area contributed by atoms with Gasteiger partial charge in [-0.2, -0.15) is 13.2 Å². The van der Waals surface area contributed by atoms with Gasteiger partial charge in [0.1, 0.15) is 5.82 Å². The summed E-state index contributed by atoms with van der Waals surface area (Å²) in [5, 5.41) is 6.15. The fraction of sp³-hybridized carbons (Fsp3) is 0.571.